The lowest BCUT2D eigenvalue weighted by atomic mass is 9.88. The van der Waals surface area contributed by atoms with E-state index in [-0.39, 0.29) is 25.2 Å². The molecule has 4 N–H and O–H groups in total. The van der Waals surface area contributed by atoms with Crippen LogP contribution in [0.25, 0.3) is 10.8 Å². The Labute approximate surface area is 248 Å². The molecular formula is C34H44N2O6. The quantitative estimate of drug-likeness (QED) is 0.213. The van der Waals surface area contributed by atoms with Gasteiger partial charge >= 0.3 is 12.1 Å². The second-order valence-corrected chi connectivity index (χ2v) is 12.4. The molecule has 8 heteroatoms. The first kappa shape index (κ1) is 32.6. The van der Waals surface area contributed by atoms with Crippen molar-refractivity contribution in [2.24, 2.45) is 11.8 Å². The largest absolute Gasteiger partial charge is 0.480 e. The zero-order valence-corrected chi connectivity index (χ0v) is 25.2. The van der Waals surface area contributed by atoms with Gasteiger partial charge in [-0.2, -0.15) is 0 Å². The summed E-state index contributed by atoms with van der Waals surface area (Å²) >= 11 is 0. The van der Waals surface area contributed by atoms with E-state index < -0.39 is 47.7 Å². The third-order valence-corrected chi connectivity index (χ3v) is 6.98. The minimum Gasteiger partial charge on any atom is -0.480 e. The lowest BCUT2D eigenvalue weighted by molar-refractivity contribution is -0.143. The molecule has 3 rings (SSSR count). The molecule has 8 nitrogen and oxygen atoms in total. The summed E-state index contributed by atoms with van der Waals surface area (Å²) in [4.78, 5) is 38.3. The number of benzene rings is 3. The van der Waals surface area contributed by atoms with Gasteiger partial charge in [0.15, 0.2) is 0 Å². The van der Waals surface area contributed by atoms with E-state index >= 15 is 0 Å². The number of aliphatic hydroxyl groups excluding tert-OH is 1. The van der Waals surface area contributed by atoms with Crippen LogP contribution in [0.2, 0.25) is 0 Å². The fourth-order valence-electron chi connectivity index (χ4n) is 4.98. The molecule has 3 aromatic carbocycles. The van der Waals surface area contributed by atoms with Gasteiger partial charge in [0.2, 0.25) is 5.91 Å². The van der Waals surface area contributed by atoms with Crippen molar-refractivity contribution in [1.82, 2.24) is 10.6 Å². The van der Waals surface area contributed by atoms with Gasteiger partial charge in [-0.3, -0.25) is 4.79 Å². The first-order valence-corrected chi connectivity index (χ1v) is 14.5. The van der Waals surface area contributed by atoms with Crippen LogP contribution in [-0.4, -0.2) is 52.0 Å². The topological polar surface area (TPSA) is 125 Å². The summed E-state index contributed by atoms with van der Waals surface area (Å²) in [5.74, 6) is -2.25. The highest BCUT2D eigenvalue weighted by Gasteiger charge is 2.32. The normalized spacial score (nSPS) is 14.5. The van der Waals surface area contributed by atoms with E-state index in [0.717, 1.165) is 21.9 Å². The second kappa shape index (κ2) is 14.8. The molecule has 42 heavy (non-hydrogen) atoms. The summed E-state index contributed by atoms with van der Waals surface area (Å²) in [5.41, 5.74) is 1.06. The lowest BCUT2D eigenvalue weighted by Crippen LogP contribution is -2.49. The van der Waals surface area contributed by atoms with Crippen LogP contribution < -0.4 is 10.6 Å². The standard InChI is InChI=1S/C34H44N2O6/c1-22(2)17-29(32(39)40)35-31(38)27(19-24-15-16-25-13-9-10-14-26(25)18-24)21-30(37)28(20-23-11-7-6-8-12-23)36-33(41)42-34(3,4)5/h6-16,18,22,27-30,37H,17,19-21H2,1-5H3,(H,35,38)(H,36,41)(H,39,40)/t27-,28+,29?,30+/m1/s1. The maximum atomic E-state index is 13.6. The monoisotopic (exact) mass is 576 g/mol. The number of aliphatic carboxylic acids is 1. The van der Waals surface area contributed by atoms with Crippen LogP contribution >= 0.6 is 0 Å². The van der Waals surface area contributed by atoms with E-state index in [1.807, 2.05) is 86.6 Å². The van der Waals surface area contributed by atoms with Crippen LogP contribution in [0.3, 0.4) is 0 Å². The minimum atomic E-state index is -1.12. The van der Waals surface area contributed by atoms with Gasteiger partial charge in [-0.05, 0) is 74.3 Å². The van der Waals surface area contributed by atoms with Crippen molar-refractivity contribution in [2.45, 2.75) is 84.1 Å². The molecular weight excluding hydrogens is 532 g/mol. The number of carbonyl (C=O) groups excluding carboxylic acids is 2. The van der Waals surface area contributed by atoms with Gasteiger partial charge in [-0.15, -0.1) is 0 Å². The van der Waals surface area contributed by atoms with Gasteiger partial charge in [0.1, 0.15) is 11.6 Å². The summed E-state index contributed by atoms with van der Waals surface area (Å²) in [6.07, 6.45) is -0.908. The average molecular weight is 577 g/mol. The van der Waals surface area contributed by atoms with E-state index in [1.54, 1.807) is 20.8 Å². The predicted molar refractivity (Wildman–Crippen MR) is 164 cm³/mol. The van der Waals surface area contributed by atoms with Crippen molar-refractivity contribution in [3.63, 3.8) is 0 Å². The zero-order valence-electron chi connectivity index (χ0n) is 25.2. The molecule has 0 aliphatic rings. The van der Waals surface area contributed by atoms with Gasteiger partial charge in [0.25, 0.3) is 0 Å². The summed E-state index contributed by atoms with van der Waals surface area (Å²) in [6.45, 7) is 9.07. The van der Waals surface area contributed by atoms with Gasteiger partial charge in [0.05, 0.1) is 12.1 Å². The Bertz CT molecular complexity index is 1330. The fraction of sp³-hybridized carbons (Fsp3) is 0.441. The van der Waals surface area contributed by atoms with Gasteiger partial charge in [-0.1, -0.05) is 86.6 Å². The molecule has 2 amide bonds. The minimum absolute atomic E-state index is 0.0000239. The van der Waals surface area contributed by atoms with E-state index in [0.29, 0.717) is 6.42 Å². The first-order chi connectivity index (χ1) is 19.8. The Morgan fingerprint density at radius 2 is 1.45 bits per heavy atom. The van der Waals surface area contributed by atoms with Crippen LogP contribution in [0, 0.1) is 11.8 Å². The number of rotatable bonds is 13. The number of fused-ring (bicyclic) bond motifs is 1. The third kappa shape index (κ3) is 10.5. The van der Waals surface area contributed by atoms with Crippen LogP contribution in [0.1, 0.15) is 58.6 Å². The molecule has 4 atom stereocenters. The SMILES string of the molecule is CC(C)CC(NC(=O)[C@H](Cc1ccc2ccccc2c1)C[C@H](O)[C@H](Cc1ccccc1)NC(=O)OC(C)(C)C)C(=O)O. The maximum absolute atomic E-state index is 13.6. The number of ether oxygens (including phenoxy) is 1. The number of carboxylic acids is 1. The molecule has 0 radical (unpaired) electrons. The van der Waals surface area contributed by atoms with Crippen molar-refractivity contribution in [3.05, 3.63) is 83.9 Å². The Morgan fingerprint density at radius 3 is 2.07 bits per heavy atom. The van der Waals surface area contributed by atoms with Crippen molar-refractivity contribution in [3.8, 4) is 0 Å². The molecule has 0 saturated heterocycles. The average Bonchev–Trinajstić information content (AvgIpc) is 2.91. The van der Waals surface area contributed by atoms with E-state index in [9.17, 15) is 24.6 Å². The van der Waals surface area contributed by atoms with Crippen molar-refractivity contribution >= 4 is 28.7 Å². The molecule has 0 aliphatic heterocycles. The number of aliphatic hydroxyl groups is 1. The molecule has 0 aromatic heterocycles. The molecule has 0 saturated carbocycles. The van der Waals surface area contributed by atoms with Crippen LogP contribution in [-0.2, 0) is 27.2 Å². The van der Waals surface area contributed by atoms with Gasteiger partial charge < -0.3 is 25.6 Å². The molecule has 0 aliphatic carbocycles. The molecule has 0 fully saturated rings. The predicted octanol–water partition coefficient (Wildman–Crippen LogP) is 5.50. The third-order valence-electron chi connectivity index (χ3n) is 6.98. The van der Waals surface area contributed by atoms with Crippen molar-refractivity contribution < 1.29 is 29.3 Å². The Kier molecular flexibility index (Phi) is 11.5. The second-order valence-electron chi connectivity index (χ2n) is 12.4. The highest BCUT2D eigenvalue weighted by Crippen LogP contribution is 2.23. The van der Waals surface area contributed by atoms with Gasteiger partial charge in [-0.25, -0.2) is 9.59 Å². The van der Waals surface area contributed by atoms with E-state index in [2.05, 4.69) is 10.6 Å². The molecule has 3 aromatic rings. The highest BCUT2D eigenvalue weighted by atomic mass is 16.6. The smallest absolute Gasteiger partial charge is 0.407 e. The van der Waals surface area contributed by atoms with E-state index in [1.165, 1.54) is 0 Å². The summed E-state index contributed by atoms with van der Waals surface area (Å²) in [6, 6.07) is 21.5. The van der Waals surface area contributed by atoms with Crippen LogP contribution in [0.15, 0.2) is 72.8 Å². The number of nitrogens with one attached hydrogen (secondary N) is 2. The molecule has 0 bridgehead atoms. The Morgan fingerprint density at radius 1 is 0.810 bits per heavy atom. The fourth-order valence-corrected chi connectivity index (χ4v) is 4.98. The van der Waals surface area contributed by atoms with Crippen molar-refractivity contribution in [2.75, 3.05) is 0 Å². The number of carboxylic acid groups (broad SMARTS) is 1. The number of hydrogen-bond acceptors (Lipinski definition) is 5. The van der Waals surface area contributed by atoms with Crippen LogP contribution in [0.5, 0.6) is 0 Å². The first-order valence-electron chi connectivity index (χ1n) is 14.5. The number of carbonyl (C=O) groups is 3. The van der Waals surface area contributed by atoms with Crippen molar-refractivity contribution in [1.29, 1.82) is 0 Å². The molecule has 0 heterocycles. The molecule has 1 unspecified atom stereocenters. The van der Waals surface area contributed by atoms with Crippen LogP contribution in [0.4, 0.5) is 4.79 Å². The van der Waals surface area contributed by atoms with Gasteiger partial charge in [0, 0.05) is 5.92 Å². The molecule has 226 valence electrons. The number of amides is 2. The summed E-state index contributed by atoms with van der Waals surface area (Å²) in [7, 11) is 0. The maximum Gasteiger partial charge on any atom is 0.407 e. The summed E-state index contributed by atoms with van der Waals surface area (Å²) in [5, 5.41) is 28.9. The number of alkyl carbamates (subject to hydrolysis) is 1. The number of hydrogen-bond donors (Lipinski definition) is 4. The highest BCUT2D eigenvalue weighted by molar-refractivity contribution is 5.86. The molecule has 0 spiro atoms. The lowest BCUT2D eigenvalue weighted by Gasteiger charge is -2.29. The zero-order chi connectivity index (χ0) is 30.9. The Balaban J connectivity index is 1.89. The summed E-state index contributed by atoms with van der Waals surface area (Å²) < 4.78 is 5.46. The van der Waals surface area contributed by atoms with E-state index in [4.69, 9.17) is 4.74 Å². The Hall–Kier alpha value is -3.91.